The van der Waals surface area contributed by atoms with E-state index in [1.807, 2.05) is 66.4 Å². The van der Waals surface area contributed by atoms with Crippen LogP contribution in [0, 0.1) is 0 Å². The topological polar surface area (TPSA) is 49.4 Å². The number of amides is 1. The summed E-state index contributed by atoms with van der Waals surface area (Å²) in [5, 5.41) is 3.47. The summed E-state index contributed by atoms with van der Waals surface area (Å²) in [4.78, 5) is 27.8. The first-order chi connectivity index (χ1) is 12.7. The molecule has 2 aromatic rings. The predicted molar refractivity (Wildman–Crippen MR) is 103 cm³/mol. The van der Waals surface area contributed by atoms with E-state index in [0.717, 1.165) is 41.1 Å². The van der Waals surface area contributed by atoms with Crippen LogP contribution in [-0.2, 0) is 9.59 Å². The average molecular weight is 346 g/mol. The number of hydrogen-bond acceptors (Lipinski definition) is 3. The predicted octanol–water partition coefficient (Wildman–Crippen LogP) is 4.60. The van der Waals surface area contributed by atoms with Crippen LogP contribution in [-0.4, -0.2) is 11.7 Å². The molecule has 0 bridgehead atoms. The number of hydrogen-bond donors (Lipinski definition) is 1. The summed E-state index contributed by atoms with van der Waals surface area (Å²) in [5.74, 6) is 0.148. The summed E-state index contributed by atoms with van der Waals surface area (Å²) < 4.78 is 0. The number of benzene rings is 2. The van der Waals surface area contributed by atoms with Crippen LogP contribution in [0.3, 0.4) is 0 Å². The van der Waals surface area contributed by atoms with Crippen molar-refractivity contribution in [1.29, 1.82) is 0 Å². The smallest absolute Gasteiger partial charge is 0.227 e. The van der Waals surface area contributed by atoms with Crippen LogP contribution < -0.4 is 10.2 Å². The Labute approximate surface area is 153 Å². The second-order valence-corrected chi connectivity index (χ2v) is 6.74. The SMILES string of the molecule is CCC(=O)N1c2ccccc2NC2=C(C(=O)CCC2)C1c1ccccc1. The highest BCUT2D eigenvalue weighted by molar-refractivity contribution is 6.06. The van der Waals surface area contributed by atoms with Crippen LogP contribution in [0.25, 0.3) is 0 Å². The minimum atomic E-state index is -0.386. The molecule has 1 aliphatic heterocycles. The van der Waals surface area contributed by atoms with Gasteiger partial charge in [-0.1, -0.05) is 49.4 Å². The van der Waals surface area contributed by atoms with Gasteiger partial charge in [0.2, 0.25) is 5.91 Å². The van der Waals surface area contributed by atoms with Crippen molar-refractivity contribution >= 4 is 23.1 Å². The molecule has 1 aliphatic carbocycles. The van der Waals surface area contributed by atoms with Crippen molar-refractivity contribution in [3.05, 3.63) is 71.4 Å². The van der Waals surface area contributed by atoms with Crippen LogP contribution in [0.15, 0.2) is 65.9 Å². The fourth-order valence-corrected chi connectivity index (χ4v) is 3.93. The van der Waals surface area contributed by atoms with Crippen molar-refractivity contribution in [2.24, 2.45) is 0 Å². The molecular weight excluding hydrogens is 324 g/mol. The van der Waals surface area contributed by atoms with Gasteiger partial charge in [0, 0.05) is 24.1 Å². The number of ketones is 1. The van der Waals surface area contributed by atoms with Gasteiger partial charge in [0.15, 0.2) is 5.78 Å². The van der Waals surface area contributed by atoms with Gasteiger partial charge in [0.1, 0.15) is 0 Å². The second kappa shape index (κ2) is 6.79. The molecule has 4 nitrogen and oxygen atoms in total. The Bertz CT molecular complexity index is 886. The van der Waals surface area contributed by atoms with Crippen molar-refractivity contribution in [3.8, 4) is 0 Å². The van der Waals surface area contributed by atoms with Crippen LogP contribution in [0.5, 0.6) is 0 Å². The number of nitrogens with zero attached hydrogens (tertiary/aromatic N) is 1. The van der Waals surface area contributed by atoms with E-state index in [0.29, 0.717) is 12.8 Å². The standard InChI is InChI=1S/C22H22N2O2/c1-2-20(26)24-18-13-7-6-11-16(18)23-17-12-8-14-19(25)21(17)22(24)15-9-4-3-5-10-15/h3-7,9-11,13,22-23H,2,8,12,14H2,1H3. The normalized spacial score (nSPS) is 19.3. The van der Waals surface area contributed by atoms with E-state index in [1.165, 1.54) is 0 Å². The third-order valence-corrected chi connectivity index (χ3v) is 5.12. The Morgan fingerprint density at radius 3 is 2.58 bits per heavy atom. The molecule has 1 N–H and O–H groups in total. The van der Waals surface area contributed by atoms with E-state index >= 15 is 0 Å². The van der Waals surface area contributed by atoms with Gasteiger partial charge in [0.25, 0.3) is 0 Å². The number of rotatable bonds is 2. The first kappa shape index (κ1) is 16.6. The molecule has 4 heteroatoms. The molecule has 132 valence electrons. The Morgan fingerprint density at radius 2 is 1.81 bits per heavy atom. The Kier molecular flexibility index (Phi) is 4.33. The Balaban J connectivity index is 2.00. The Hall–Kier alpha value is -2.88. The largest absolute Gasteiger partial charge is 0.357 e. The lowest BCUT2D eigenvalue weighted by Crippen LogP contribution is -2.37. The quantitative estimate of drug-likeness (QED) is 0.864. The van der Waals surface area contributed by atoms with Crippen molar-refractivity contribution in [2.45, 2.75) is 38.6 Å². The van der Waals surface area contributed by atoms with E-state index in [4.69, 9.17) is 0 Å². The molecule has 1 atom stereocenters. The van der Waals surface area contributed by atoms with Gasteiger partial charge < -0.3 is 5.32 Å². The number of Topliss-reactive ketones (excluding diaryl/α,β-unsaturated/α-hetero) is 1. The van der Waals surface area contributed by atoms with Crippen molar-refractivity contribution in [2.75, 3.05) is 10.2 Å². The number of carbonyl (C=O) groups is 2. The van der Waals surface area contributed by atoms with Crippen molar-refractivity contribution in [1.82, 2.24) is 0 Å². The van der Waals surface area contributed by atoms with Gasteiger partial charge in [-0.25, -0.2) is 0 Å². The Morgan fingerprint density at radius 1 is 1.08 bits per heavy atom. The molecule has 0 fully saturated rings. The number of carbonyl (C=O) groups excluding carboxylic acids is 2. The molecule has 1 amide bonds. The fourth-order valence-electron chi connectivity index (χ4n) is 3.93. The van der Waals surface area contributed by atoms with Gasteiger partial charge >= 0.3 is 0 Å². The maximum Gasteiger partial charge on any atom is 0.227 e. The van der Waals surface area contributed by atoms with Crippen LogP contribution in [0.4, 0.5) is 11.4 Å². The molecule has 4 rings (SSSR count). The average Bonchev–Trinajstić information content (AvgIpc) is 2.83. The highest BCUT2D eigenvalue weighted by Crippen LogP contribution is 2.44. The molecule has 2 aliphatic rings. The maximum absolute atomic E-state index is 13.0. The summed E-state index contributed by atoms with van der Waals surface area (Å²) in [7, 11) is 0. The molecule has 0 saturated carbocycles. The van der Waals surface area contributed by atoms with Gasteiger partial charge in [-0.3, -0.25) is 14.5 Å². The monoisotopic (exact) mass is 346 g/mol. The minimum Gasteiger partial charge on any atom is -0.357 e. The number of anilines is 2. The number of fused-ring (bicyclic) bond motifs is 1. The molecule has 1 unspecified atom stereocenters. The summed E-state index contributed by atoms with van der Waals surface area (Å²) >= 11 is 0. The molecule has 0 saturated heterocycles. The molecule has 0 radical (unpaired) electrons. The lowest BCUT2D eigenvalue weighted by Gasteiger charge is -2.33. The van der Waals surface area contributed by atoms with Gasteiger partial charge in [-0.15, -0.1) is 0 Å². The first-order valence-electron chi connectivity index (χ1n) is 9.20. The van der Waals surface area contributed by atoms with Crippen molar-refractivity contribution in [3.63, 3.8) is 0 Å². The number of nitrogens with one attached hydrogen (secondary N) is 1. The first-order valence-corrected chi connectivity index (χ1v) is 9.20. The highest BCUT2D eigenvalue weighted by Gasteiger charge is 2.38. The minimum absolute atomic E-state index is 0.0141. The second-order valence-electron chi connectivity index (χ2n) is 6.74. The van der Waals surface area contributed by atoms with Gasteiger partial charge in [0.05, 0.1) is 17.4 Å². The van der Waals surface area contributed by atoms with Crippen molar-refractivity contribution < 1.29 is 9.59 Å². The summed E-state index contributed by atoms with van der Waals surface area (Å²) in [5.41, 5.74) is 4.37. The molecule has 0 aromatic heterocycles. The maximum atomic E-state index is 13.0. The van der Waals surface area contributed by atoms with E-state index in [2.05, 4.69) is 5.32 Å². The van der Waals surface area contributed by atoms with Crippen LogP contribution >= 0.6 is 0 Å². The zero-order valence-corrected chi connectivity index (χ0v) is 14.9. The lowest BCUT2D eigenvalue weighted by molar-refractivity contribution is -0.118. The van der Waals surface area contributed by atoms with E-state index in [-0.39, 0.29) is 17.7 Å². The summed E-state index contributed by atoms with van der Waals surface area (Å²) in [6.07, 6.45) is 2.59. The molecule has 1 heterocycles. The lowest BCUT2D eigenvalue weighted by atomic mass is 9.86. The summed E-state index contributed by atoms with van der Waals surface area (Å²) in [6.45, 7) is 1.86. The third-order valence-electron chi connectivity index (χ3n) is 5.12. The zero-order chi connectivity index (χ0) is 18.1. The molecular formula is C22H22N2O2. The third kappa shape index (κ3) is 2.71. The van der Waals surface area contributed by atoms with E-state index < -0.39 is 0 Å². The van der Waals surface area contributed by atoms with E-state index in [9.17, 15) is 9.59 Å². The molecule has 2 aromatic carbocycles. The fraction of sp³-hybridized carbons (Fsp3) is 0.273. The summed E-state index contributed by atoms with van der Waals surface area (Å²) in [6, 6.07) is 17.3. The number of allylic oxidation sites excluding steroid dienone is 1. The van der Waals surface area contributed by atoms with Crippen LogP contribution in [0.1, 0.15) is 44.2 Å². The van der Waals surface area contributed by atoms with Crippen LogP contribution in [0.2, 0.25) is 0 Å². The van der Waals surface area contributed by atoms with E-state index in [1.54, 1.807) is 0 Å². The van der Waals surface area contributed by atoms with Gasteiger partial charge in [-0.05, 0) is 30.5 Å². The number of para-hydroxylation sites is 2. The zero-order valence-electron chi connectivity index (χ0n) is 14.9. The molecule has 26 heavy (non-hydrogen) atoms. The van der Waals surface area contributed by atoms with Gasteiger partial charge in [-0.2, -0.15) is 0 Å². The molecule has 0 spiro atoms. The highest BCUT2D eigenvalue weighted by atomic mass is 16.2.